The highest BCUT2D eigenvalue weighted by molar-refractivity contribution is 5.84. The molecule has 0 aromatic carbocycles. The minimum atomic E-state index is 0.396. The van der Waals surface area contributed by atoms with Crippen LogP contribution in [0.1, 0.15) is 12.6 Å². The molecule has 1 N–H and O–H groups in total. The molecule has 0 unspecified atom stereocenters. The molecule has 0 saturated carbocycles. The lowest BCUT2D eigenvalue weighted by Crippen LogP contribution is -1.97. The first-order valence-corrected chi connectivity index (χ1v) is 6.18. The topological polar surface area (TPSA) is 63.7 Å². The summed E-state index contributed by atoms with van der Waals surface area (Å²) in [4.78, 5) is 16.0. The van der Waals surface area contributed by atoms with E-state index in [-0.39, 0.29) is 0 Å². The zero-order valence-corrected chi connectivity index (χ0v) is 10.8. The molecule has 0 bridgehead atoms. The van der Waals surface area contributed by atoms with Crippen molar-refractivity contribution in [2.45, 2.75) is 13.8 Å². The summed E-state index contributed by atoms with van der Waals surface area (Å²) in [7, 11) is 0. The zero-order chi connectivity index (χ0) is 13.2. The van der Waals surface area contributed by atoms with Gasteiger partial charge in [0.2, 0.25) is 0 Å². The summed E-state index contributed by atoms with van der Waals surface area (Å²) in [5.74, 6) is 0. The van der Waals surface area contributed by atoms with E-state index < -0.39 is 0 Å². The number of hydrogen-bond acceptors (Lipinski definition) is 4. The molecule has 3 aromatic heterocycles. The lowest BCUT2D eigenvalue weighted by molar-refractivity contribution is 0.313. The van der Waals surface area contributed by atoms with Crippen molar-refractivity contribution in [3.05, 3.63) is 36.3 Å². The van der Waals surface area contributed by atoms with Crippen molar-refractivity contribution in [3.63, 3.8) is 0 Å². The first-order chi connectivity index (χ1) is 9.26. The van der Waals surface area contributed by atoms with Crippen LogP contribution in [0.2, 0.25) is 0 Å². The highest BCUT2D eigenvalue weighted by Gasteiger charge is 2.07. The summed E-state index contributed by atoms with van der Waals surface area (Å²) in [5.41, 5.74) is 3.79. The number of aromatic amines is 1. The van der Waals surface area contributed by atoms with Gasteiger partial charge in [-0.05, 0) is 32.0 Å². The van der Waals surface area contributed by atoms with Gasteiger partial charge in [0, 0.05) is 29.0 Å². The van der Waals surface area contributed by atoms with Crippen molar-refractivity contribution in [2.75, 3.05) is 6.61 Å². The standard InChI is InChI=1S/C14H14N4O/c1-3-19-14-15-5-4-11(18-14)13-7-10-8-16-9(2)6-12(10)17-13/h4-8,17H,3H2,1-2H3. The highest BCUT2D eigenvalue weighted by atomic mass is 16.5. The van der Waals surface area contributed by atoms with E-state index in [9.17, 15) is 0 Å². The van der Waals surface area contributed by atoms with Crippen molar-refractivity contribution < 1.29 is 4.74 Å². The van der Waals surface area contributed by atoms with Crippen LogP contribution < -0.4 is 4.74 Å². The van der Waals surface area contributed by atoms with Gasteiger partial charge < -0.3 is 9.72 Å². The van der Waals surface area contributed by atoms with Gasteiger partial charge in [-0.2, -0.15) is 4.98 Å². The molecular weight excluding hydrogens is 240 g/mol. The Bertz CT molecular complexity index is 720. The summed E-state index contributed by atoms with van der Waals surface area (Å²) < 4.78 is 5.31. The average Bonchev–Trinajstić information content (AvgIpc) is 2.82. The predicted octanol–water partition coefficient (Wildman–Crippen LogP) is 2.73. The number of rotatable bonds is 3. The predicted molar refractivity (Wildman–Crippen MR) is 73.0 cm³/mol. The van der Waals surface area contributed by atoms with Crippen LogP contribution in [0.5, 0.6) is 6.01 Å². The molecule has 5 heteroatoms. The maximum Gasteiger partial charge on any atom is 0.316 e. The van der Waals surface area contributed by atoms with E-state index in [1.54, 1.807) is 6.20 Å². The fraction of sp³-hybridized carbons (Fsp3) is 0.214. The molecule has 19 heavy (non-hydrogen) atoms. The Balaban J connectivity index is 2.05. The third-order valence-electron chi connectivity index (χ3n) is 2.82. The van der Waals surface area contributed by atoms with Crippen molar-refractivity contribution >= 4 is 10.9 Å². The molecule has 3 heterocycles. The van der Waals surface area contributed by atoms with Crippen LogP contribution in [0.15, 0.2) is 30.6 Å². The van der Waals surface area contributed by atoms with Gasteiger partial charge in [0.1, 0.15) is 0 Å². The van der Waals surface area contributed by atoms with E-state index in [4.69, 9.17) is 4.74 Å². The van der Waals surface area contributed by atoms with E-state index in [1.807, 2.05) is 38.2 Å². The first-order valence-electron chi connectivity index (χ1n) is 6.18. The van der Waals surface area contributed by atoms with Crippen LogP contribution in [0.3, 0.4) is 0 Å². The molecule has 0 atom stereocenters. The fourth-order valence-electron chi connectivity index (χ4n) is 1.96. The number of aromatic nitrogens is 4. The molecule has 0 radical (unpaired) electrons. The van der Waals surface area contributed by atoms with Crippen LogP contribution in [-0.4, -0.2) is 26.5 Å². The lowest BCUT2D eigenvalue weighted by Gasteiger charge is -2.01. The van der Waals surface area contributed by atoms with E-state index >= 15 is 0 Å². The van der Waals surface area contributed by atoms with Gasteiger partial charge in [-0.3, -0.25) is 4.98 Å². The summed E-state index contributed by atoms with van der Waals surface area (Å²) in [6.45, 7) is 4.44. The van der Waals surface area contributed by atoms with Crippen LogP contribution in [-0.2, 0) is 0 Å². The molecule has 0 saturated heterocycles. The molecule has 0 amide bonds. The minimum Gasteiger partial charge on any atom is -0.464 e. The van der Waals surface area contributed by atoms with Crippen LogP contribution in [0.4, 0.5) is 0 Å². The SMILES string of the molecule is CCOc1nccc(-c2cc3cnc(C)cc3[nH]2)n1. The number of fused-ring (bicyclic) bond motifs is 1. The second-order valence-electron chi connectivity index (χ2n) is 4.25. The van der Waals surface area contributed by atoms with Gasteiger partial charge in [0.05, 0.1) is 18.0 Å². The summed E-state index contributed by atoms with van der Waals surface area (Å²) in [6.07, 6.45) is 3.55. The van der Waals surface area contributed by atoms with Crippen LogP contribution >= 0.6 is 0 Å². The number of H-pyrrole nitrogens is 1. The zero-order valence-electron chi connectivity index (χ0n) is 10.8. The number of pyridine rings is 1. The molecular formula is C14H14N4O. The molecule has 0 spiro atoms. The Morgan fingerprint density at radius 2 is 2.16 bits per heavy atom. The van der Waals surface area contributed by atoms with Gasteiger partial charge in [0.25, 0.3) is 0 Å². The van der Waals surface area contributed by atoms with E-state index in [0.29, 0.717) is 12.6 Å². The van der Waals surface area contributed by atoms with Gasteiger partial charge in [-0.15, -0.1) is 0 Å². The largest absolute Gasteiger partial charge is 0.464 e. The molecule has 0 aliphatic rings. The number of nitrogens with zero attached hydrogens (tertiary/aromatic N) is 3. The molecule has 0 aliphatic carbocycles. The number of aryl methyl sites for hydroxylation is 1. The summed E-state index contributed by atoms with van der Waals surface area (Å²) in [5, 5.41) is 1.07. The second kappa shape index (κ2) is 4.68. The van der Waals surface area contributed by atoms with Gasteiger partial charge >= 0.3 is 6.01 Å². The molecule has 0 aliphatic heterocycles. The van der Waals surface area contributed by atoms with Crippen molar-refractivity contribution in [2.24, 2.45) is 0 Å². The second-order valence-corrected chi connectivity index (χ2v) is 4.25. The molecule has 96 valence electrons. The third-order valence-corrected chi connectivity index (χ3v) is 2.82. The Kier molecular flexibility index (Phi) is 2.87. The van der Waals surface area contributed by atoms with Crippen molar-refractivity contribution in [1.29, 1.82) is 0 Å². The van der Waals surface area contributed by atoms with Gasteiger partial charge in [-0.1, -0.05) is 0 Å². The van der Waals surface area contributed by atoms with E-state index in [2.05, 4.69) is 19.9 Å². The molecule has 3 rings (SSSR count). The smallest absolute Gasteiger partial charge is 0.316 e. The Hall–Kier alpha value is -2.43. The molecule has 3 aromatic rings. The van der Waals surface area contributed by atoms with Gasteiger partial charge in [0.15, 0.2) is 0 Å². The number of nitrogens with one attached hydrogen (secondary N) is 1. The molecule has 0 fully saturated rings. The highest BCUT2D eigenvalue weighted by Crippen LogP contribution is 2.23. The van der Waals surface area contributed by atoms with E-state index in [0.717, 1.165) is 28.0 Å². The summed E-state index contributed by atoms with van der Waals surface area (Å²) >= 11 is 0. The lowest BCUT2D eigenvalue weighted by atomic mass is 10.2. The van der Waals surface area contributed by atoms with Crippen LogP contribution in [0.25, 0.3) is 22.3 Å². The average molecular weight is 254 g/mol. The van der Waals surface area contributed by atoms with Crippen molar-refractivity contribution in [1.82, 2.24) is 19.9 Å². The fourth-order valence-corrected chi connectivity index (χ4v) is 1.96. The Morgan fingerprint density at radius 1 is 1.26 bits per heavy atom. The third kappa shape index (κ3) is 2.27. The monoisotopic (exact) mass is 254 g/mol. The van der Waals surface area contributed by atoms with Gasteiger partial charge in [-0.25, -0.2) is 4.98 Å². The maximum atomic E-state index is 5.31. The minimum absolute atomic E-state index is 0.396. The summed E-state index contributed by atoms with van der Waals surface area (Å²) in [6, 6.07) is 6.30. The first kappa shape index (κ1) is 11.6. The normalized spacial score (nSPS) is 10.8. The molecule has 5 nitrogen and oxygen atoms in total. The van der Waals surface area contributed by atoms with Crippen molar-refractivity contribution in [3.8, 4) is 17.4 Å². The van der Waals surface area contributed by atoms with E-state index in [1.165, 1.54) is 0 Å². The van der Waals surface area contributed by atoms with Crippen LogP contribution in [0, 0.1) is 6.92 Å². The maximum absolute atomic E-state index is 5.31. The Morgan fingerprint density at radius 3 is 3.00 bits per heavy atom. The quantitative estimate of drug-likeness (QED) is 0.780. The number of hydrogen-bond donors (Lipinski definition) is 1. The number of ether oxygens (including phenoxy) is 1. The Labute approximate surface area is 110 Å².